The van der Waals surface area contributed by atoms with Gasteiger partial charge in [0.05, 0.1) is 5.52 Å². The predicted octanol–water partition coefficient (Wildman–Crippen LogP) is 2.76. The average Bonchev–Trinajstić information content (AvgIpc) is 2.80. The van der Waals surface area contributed by atoms with Gasteiger partial charge in [-0.05, 0) is 29.3 Å². The number of fused-ring (bicyclic) bond motifs is 1. The third-order valence-corrected chi connectivity index (χ3v) is 3.64. The van der Waals surface area contributed by atoms with E-state index in [1.807, 2.05) is 0 Å². The summed E-state index contributed by atoms with van der Waals surface area (Å²) in [6.07, 6.45) is -1.99. The van der Waals surface area contributed by atoms with Gasteiger partial charge in [-0.3, -0.25) is 9.55 Å². The molecule has 3 rings (SSSR count). The number of rotatable bonds is 2. The van der Waals surface area contributed by atoms with Crippen LogP contribution >= 0.6 is 0 Å². The topological polar surface area (TPSA) is 74.0 Å². The van der Waals surface area contributed by atoms with Crippen LogP contribution in [0.1, 0.15) is 11.6 Å². The van der Waals surface area contributed by atoms with Crippen molar-refractivity contribution in [1.82, 2.24) is 9.55 Å². The SMILES string of the molecule is Cn1c(=O)oc2ccc(-c3cnccc3C(N)C(F)(F)F)cc21. The molecule has 1 atom stereocenters. The van der Waals surface area contributed by atoms with Crippen molar-refractivity contribution in [3.63, 3.8) is 0 Å². The van der Waals surface area contributed by atoms with Gasteiger partial charge < -0.3 is 10.2 Å². The number of aryl methyl sites for hydroxylation is 1. The third-order valence-electron chi connectivity index (χ3n) is 3.64. The van der Waals surface area contributed by atoms with E-state index in [4.69, 9.17) is 10.2 Å². The number of hydrogen-bond donors (Lipinski definition) is 1. The number of hydrogen-bond acceptors (Lipinski definition) is 4. The zero-order chi connectivity index (χ0) is 16.8. The Balaban J connectivity index is 2.19. The molecule has 2 aromatic heterocycles. The quantitative estimate of drug-likeness (QED) is 0.787. The molecule has 5 nitrogen and oxygen atoms in total. The van der Waals surface area contributed by atoms with E-state index in [9.17, 15) is 18.0 Å². The summed E-state index contributed by atoms with van der Waals surface area (Å²) in [5.74, 6) is -0.546. The summed E-state index contributed by atoms with van der Waals surface area (Å²) in [5.41, 5.74) is 6.80. The van der Waals surface area contributed by atoms with Crippen molar-refractivity contribution >= 4 is 11.1 Å². The summed E-state index contributed by atoms with van der Waals surface area (Å²) in [6, 6.07) is 3.79. The van der Waals surface area contributed by atoms with Crippen LogP contribution in [0, 0.1) is 0 Å². The molecular formula is C15H12F3N3O2. The van der Waals surface area contributed by atoms with Gasteiger partial charge >= 0.3 is 11.9 Å². The molecule has 1 aromatic carbocycles. The molecule has 8 heteroatoms. The maximum atomic E-state index is 12.9. The van der Waals surface area contributed by atoms with Crippen LogP contribution < -0.4 is 11.5 Å². The summed E-state index contributed by atoms with van der Waals surface area (Å²) in [6.45, 7) is 0. The predicted molar refractivity (Wildman–Crippen MR) is 77.7 cm³/mol. The van der Waals surface area contributed by atoms with Crippen LogP contribution in [0.5, 0.6) is 0 Å². The molecule has 0 saturated carbocycles. The highest BCUT2D eigenvalue weighted by Gasteiger charge is 2.39. The van der Waals surface area contributed by atoms with Crippen LogP contribution in [0.4, 0.5) is 13.2 Å². The highest BCUT2D eigenvalue weighted by atomic mass is 19.4. The lowest BCUT2D eigenvalue weighted by Crippen LogP contribution is -2.29. The Morgan fingerprint density at radius 3 is 2.74 bits per heavy atom. The number of benzene rings is 1. The first-order valence-electron chi connectivity index (χ1n) is 6.65. The molecule has 0 bridgehead atoms. The molecule has 120 valence electrons. The Morgan fingerprint density at radius 2 is 2.04 bits per heavy atom. The van der Waals surface area contributed by atoms with Gasteiger partial charge in [0.15, 0.2) is 5.58 Å². The van der Waals surface area contributed by atoms with E-state index in [0.29, 0.717) is 16.7 Å². The monoisotopic (exact) mass is 323 g/mol. The van der Waals surface area contributed by atoms with E-state index in [2.05, 4.69) is 4.98 Å². The van der Waals surface area contributed by atoms with E-state index in [1.165, 1.54) is 36.1 Å². The van der Waals surface area contributed by atoms with E-state index in [1.54, 1.807) is 12.1 Å². The molecule has 23 heavy (non-hydrogen) atoms. The van der Waals surface area contributed by atoms with Crippen molar-refractivity contribution in [2.75, 3.05) is 0 Å². The second-order valence-electron chi connectivity index (χ2n) is 5.09. The highest BCUT2D eigenvalue weighted by molar-refractivity contribution is 5.81. The molecule has 2 heterocycles. The van der Waals surface area contributed by atoms with Crippen molar-refractivity contribution in [2.45, 2.75) is 12.2 Å². The van der Waals surface area contributed by atoms with Crippen LogP contribution in [0.25, 0.3) is 22.2 Å². The standard InChI is InChI=1S/C15H12F3N3O2/c1-21-11-6-8(2-3-12(11)23-14(21)22)10-7-20-5-4-9(10)13(19)15(16,17)18/h2-7,13H,19H2,1H3. The summed E-state index contributed by atoms with van der Waals surface area (Å²) in [5, 5.41) is 0. The number of nitrogens with two attached hydrogens (primary N) is 1. The zero-order valence-electron chi connectivity index (χ0n) is 12.0. The fourth-order valence-corrected chi connectivity index (χ4v) is 2.39. The molecule has 0 aliphatic heterocycles. The van der Waals surface area contributed by atoms with Gasteiger partial charge in [0.2, 0.25) is 0 Å². The fourth-order valence-electron chi connectivity index (χ4n) is 2.39. The third kappa shape index (κ3) is 2.61. The van der Waals surface area contributed by atoms with E-state index >= 15 is 0 Å². The lowest BCUT2D eigenvalue weighted by atomic mass is 9.97. The van der Waals surface area contributed by atoms with Gasteiger partial charge in [0, 0.05) is 25.0 Å². The molecule has 0 aliphatic carbocycles. The lowest BCUT2D eigenvalue weighted by molar-refractivity contribution is -0.149. The normalized spacial score (nSPS) is 13.4. The van der Waals surface area contributed by atoms with Crippen molar-refractivity contribution in [3.8, 4) is 11.1 Å². The summed E-state index contributed by atoms with van der Waals surface area (Å²) < 4.78 is 45.1. The maximum absolute atomic E-state index is 12.9. The van der Waals surface area contributed by atoms with Crippen LogP contribution in [0.2, 0.25) is 0 Å². The van der Waals surface area contributed by atoms with Crippen LogP contribution in [0.15, 0.2) is 45.9 Å². The lowest BCUT2D eigenvalue weighted by Gasteiger charge is -2.19. The second-order valence-corrected chi connectivity index (χ2v) is 5.09. The highest BCUT2D eigenvalue weighted by Crippen LogP contribution is 2.36. The molecule has 2 N–H and O–H groups in total. The van der Waals surface area contributed by atoms with Crippen LogP contribution in [0.3, 0.4) is 0 Å². The number of pyridine rings is 1. The molecular weight excluding hydrogens is 311 g/mol. The summed E-state index contributed by atoms with van der Waals surface area (Å²) in [7, 11) is 1.52. The van der Waals surface area contributed by atoms with Crippen molar-refractivity contribution in [3.05, 3.63) is 52.8 Å². The molecule has 3 aromatic rings. The van der Waals surface area contributed by atoms with Gasteiger partial charge in [-0.25, -0.2) is 4.79 Å². The smallest absolute Gasteiger partial charge is 0.408 e. The largest absolute Gasteiger partial charge is 0.419 e. The number of aromatic nitrogens is 2. The maximum Gasteiger partial charge on any atom is 0.419 e. The van der Waals surface area contributed by atoms with Gasteiger partial charge in [0.25, 0.3) is 0 Å². The minimum Gasteiger partial charge on any atom is -0.408 e. The minimum atomic E-state index is -4.57. The average molecular weight is 323 g/mol. The number of oxazole rings is 1. The molecule has 1 unspecified atom stereocenters. The van der Waals surface area contributed by atoms with Crippen molar-refractivity contribution in [2.24, 2.45) is 12.8 Å². The molecule has 0 spiro atoms. The van der Waals surface area contributed by atoms with E-state index < -0.39 is 18.0 Å². The Kier molecular flexibility index (Phi) is 3.48. The van der Waals surface area contributed by atoms with Gasteiger partial charge in [-0.2, -0.15) is 13.2 Å². The first kappa shape index (κ1) is 15.3. The molecule has 0 aliphatic rings. The van der Waals surface area contributed by atoms with Gasteiger partial charge in [0.1, 0.15) is 6.04 Å². The van der Waals surface area contributed by atoms with Gasteiger partial charge in [-0.1, -0.05) is 6.07 Å². The van der Waals surface area contributed by atoms with Crippen molar-refractivity contribution in [1.29, 1.82) is 0 Å². The molecule has 0 amide bonds. The summed E-state index contributed by atoms with van der Waals surface area (Å²) in [4.78, 5) is 15.4. The second kappa shape index (κ2) is 5.24. The first-order chi connectivity index (χ1) is 10.8. The fraction of sp³-hybridized carbons (Fsp3) is 0.200. The van der Waals surface area contributed by atoms with Crippen molar-refractivity contribution < 1.29 is 17.6 Å². The van der Waals surface area contributed by atoms with E-state index in [-0.39, 0.29) is 11.1 Å². The number of nitrogens with zero attached hydrogens (tertiary/aromatic N) is 2. The van der Waals surface area contributed by atoms with E-state index in [0.717, 1.165) is 0 Å². The van der Waals surface area contributed by atoms with Gasteiger partial charge in [-0.15, -0.1) is 0 Å². The zero-order valence-corrected chi connectivity index (χ0v) is 12.0. The Hall–Kier alpha value is -2.61. The number of halogens is 3. The first-order valence-corrected chi connectivity index (χ1v) is 6.65. The minimum absolute atomic E-state index is 0.0830. The van der Waals surface area contributed by atoms with Crippen LogP contribution in [-0.4, -0.2) is 15.7 Å². The summed E-state index contributed by atoms with van der Waals surface area (Å²) >= 11 is 0. The molecule has 0 fully saturated rings. The Morgan fingerprint density at radius 1 is 1.30 bits per heavy atom. The Bertz CT molecular complexity index is 928. The molecule has 0 saturated heterocycles. The number of alkyl halides is 3. The Labute approximate surface area is 128 Å². The molecule has 0 radical (unpaired) electrons. The van der Waals surface area contributed by atoms with Crippen LogP contribution in [-0.2, 0) is 7.05 Å².